The average Bonchev–Trinajstić information content (AvgIpc) is 3.52. The lowest BCUT2D eigenvalue weighted by atomic mass is 9.96. The van der Waals surface area contributed by atoms with Gasteiger partial charge in [-0.3, -0.25) is 18.1 Å². The SMILES string of the molecule is CCOc1nc(N)nc2ncn([C@@H]3O[C@H](CO[P@@]4(=O)OCC[C@@H](c5ccc(Cl)cc5F)O4)[C@H]4OC(=O)O[C@]43C)c12. The van der Waals surface area contributed by atoms with Crippen LogP contribution in [0.1, 0.15) is 38.2 Å². The number of fused-ring (bicyclic) bond motifs is 2. The molecule has 14 nitrogen and oxygen atoms in total. The van der Waals surface area contributed by atoms with Gasteiger partial charge in [-0.2, -0.15) is 9.97 Å². The first-order valence-corrected chi connectivity index (χ1v) is 14.1. The second kappa shape index (κ2) is 10.1. The summed E-state index contributed by atoms with van der Waals surface area (Å²) in [7, 11) is -4.17. The normalized spacial score (nSPS) is 31.6. The highest BCUT2D eigenvalue weighted by Crippen LogP contribution is 2.58. The van der Waals surface area contributed by atoms with Crippen molar-refractivity contribution in [2.75, 3.05) is 25.6 Å². The summed E-state index contributed by atoms with van der Waals surface area (Å²) in [6.07, 6.45) is -3.11. The molecular formula is C23H24ClFN5O9P. The molecule has 1 aromatic carbocycles. The van der Waals surface area contributed by atoms with Crippen molar-refractivity contribution in [3.8, 4) is 5.88 Å². The van der Waals surface area contributed by atoms with E-state index in [-0.39, 0.29) is 54.3 Å². The van der Waals surface area contributed by atoms with Crippen LogP contribution >= 0.6 is 19.4 Å². The van der Waals surface area contributed by atoms with Gasteiger partial charge in [-0.15, -0.1) is 0 Å². The number of ether oxygens (including phenoxy) is 4. The number of phosphoric ester groups is 1. The van der Waals surface area contributed by atoms with Crippen molar-refractivity contribution in [2.24, 2.45) is 0 Å². The molecule has 3 aliphatic rings. The Morgan fingerprint density at radius 2 is 2.17 bits per heavy atom. The van der Waals surface area contributed by atoms with Crippen LogP contribution in [0.15, 0.2) is 24.5 Å². The topological polar surface area (TPSA) is 168 Å². The van der Waals surface area contributed by atoms with E-state index in [2.05, 4.69) is 15.0 Å². The zero-order chi connectivity index (χ0) is 28.2. The Morgan fingerprint density at radius 3 is 2.95 bits per heavy atom. The van der Waals surface area contributed by atoms with Gasteiger partial charge in [-0.25, -0.2) is 18.7 Å². The molecule has 2 N–H and O–H groups in total. The maximum absolute atomic E-state index is 14.5. The van der Waals surface area contributed by atoms with Crippen LogP contribution in [0.5, 0.6) is 5.88 Å². The van der Waals surface area contributed by atoms with Gasteiger partial charge in [0.2, 0.25) is 11.8 Å². The van der Waals surface area contributed by atoms with Gasteiger partial charge in [-0.1, -0.05) is 17.7 Å². The van der Waals surface area contributed by atoms with Crippen molar-refractivity contribution in [1.29, 1.82) is 0 Å². The second-order valence-electron chi connectivity index (χ2n) is 9.37. The van der Waals surface area contributed by atoms with E-state index in [9.17, 15) is 13.8 Å². The molecule has 0 amide bonds. The largest absolute Gasteiger partial charge is 0.509 e. The Morgan fingerprint density at radius 1 is 1.35 bits per heavy atom. The molecule has 3 fully saturated rings. The van der Waals surface area contributed by atoms with Crippen molar-refractivity contribution in [2.45, 2.75) is 50.4 Å². The lowest BCUT2D eigenvalue weighted by molar-refractivity contribution is -0.0925. The van der Waals surface area contributed by atoms with Crippen LogP contribution in [0.25, 0.3) is 11.2 Å². The number of nitrogens with zero attached hydrogens (tertiary/aromatic N) is 4. The van der Waals surface area contributed by atoms with Crippen molar-refractivity contribution in [3.63, 3.8) is 0 Å². The third-order valence-corrected chi connectivity index (χ3v) is 8.47. The number of halogens is 2. The molecule has 0 spiro atoms. The number of carbonyl (C=O) groups excluding carboxylic acids is 1. The van der Waals surface area contributed by atoms with Gasteiger partial charge in [0, 0.05) is 17.0 Å². The van der Waals surface area contributed by atoms with Crippen LogP contribution in [0.3, 0.4) is 0 Å². The number of aromatic nitrogens is 4. The zero-order valence-electron chi connectivity index (χ0n) is 21.2. The number of anilines is 1. The van der Waals surface area contributed by atoms with Gasteiger partial charge in [0.05, 0.1) is 25.9 Å². The van der Waals surface area contributed by atoms with E-state index in [1.165, 1.54) is 18.5 Å². The number of imidazole rings is 1. The number of nitrogen functional groups attached to an aromatic ring is 1. The molecule has 3 aliphatic heterocycles. The highest BCUT2D eigenvalue weighted by atomic mass is 35.5. The summed E-state index contributed by atoms with van der Waals surface area (Å²) >= 11 is 5.84. The molecule has 3 aromatic rings. The van der Waals surface area contributed by atoms with Crippen molar-refractivity contribution >= 4 is 42.7 Å². The summed E-state index contributed by atoms with van der Waals surface area (Å²) in [5, 5.41) is 0.214. The van der Waals surface area contributed by atoms with Gasteiger partial charge in [0.15, 0.2) is 29.1 Å². The molecule has 0 radical (unpaired) electrons. The van der Waals surface area contributed by atoms with E-state index in [0.717, 1.165) is 6.07 Å². The Hall–Kier alpha value is -3.07. The summed E-state index contributed by atoms with van der Waals surface area (Å²) in [5.74, 6) is -0.484. The predicted octanol–water partition coefficient (Wildman–Crippen LogP) is 4.09. The van der Waals surface area contributed by atoms with Crippen molar-refractivity contribution in [3.05, 3.63) is 40.9 Å². The minimum Gasteiger partial charge on any atom is -0.476 e. The van der Waals surface area contributed by atoms with Crippen LogP contribution in [0, 0.1) is 5.82 Å². The second-order valence-corrected chi connectivity index (χ2v) is 11.4. The molecule has 0 aliphatic carbocycles. The summed E-state index contributed by atoms with van der Waals surface area (Å²) < 4.78 is 68.7. The van der Waals surface area contributed by atoms with Gasteiger partial charge < -0.3 is 24.7 Å². The number of phosphoric acid groups is 1. The molecule has 0 saturated carbocycles. The van der Waals surface area contributed by atoms with Crippen LogP contribution < -0.4 is 10.5 Å². The Bertz CT molecular complexity index is 1530. The first-order chi connectivity index (χ1) is 19.1. The highest BCUT2D eigenvalue weighted by Gasteiger charge is 2.64. The number of carbonyl (C=O) groups is 1. The molecule has 5 heterocycles. The van der Waals surface area contributed by atoms with Crippen LogP contribution in [-0.4, -0.2) is 63.3 Å². The minimum atomic E-state index is -4.17. The molecule has 0 unspecified atom stereocenters. The predicted molar refractivity (Wildman–Crippen MR) is 134 cm³/mol. The molecular weight excluding hydrogens is 576 g/mol. The standard InChI is InChI=1S/C23H24ClFN5O9P/c1-3-33-19-16-18(28-21(26)29-19)27-10-30(16)20-23(2)17(37-22(31)38-23)15(36-20)9-35-40(32)34-7-6-14(39-40)12-5-4-11(24)8-13(12)25/h4-5,8,10,14-15,17,20H,3,6-7,9H2,1-2H3,(H2,26,28,29)/t14-,15+,17+,20+,23+,40+/m0/s1. The number of hydrogen-bond acceptors (Lipinski definition) is 13. The summed E-state index contributed by atoms with van der Waals surface area (Å²) in [6, 6.07) is 4.09. The van der Waals surface area contributed by atoms with E-state index < -0.39 is 49.9 Å². The van der Waals surface area contributed by atoms with Crippen LogP contribution in [0.4, 0.5) is 15.1 Å². The summed E-state index contributed by atoms with van der Waals surface area (Å²) in [6.45, 7) is 3.29. The molecule has 40 heavy (non-hydrogen) atoms. The van der Waals surface area contributed by atoms with Crippen molar-refractivity contribution in [1.82, 2.24) is 19.5 Å². The van der Waals surface area contributed by atoms with Crippen LogP contribution in [0.2, 0.25) is 5.02 Å². The summed E-state index contributed by atoms with van der Waals surface area (Å²) in [4.78, 5) is 24.8. The first-order valence-electron chi connectivity index (χ1n) is 12.3. The zero-order valence-corrected chi connectivity index (χ0v) is 22.8. The van der Waals surface area contributed by atoms with E-state index in [1.54, 1.807) is 18.4 Å². The van der Waals surface area contributed by atoms with Gasteiger partial charge in [0.1, 0.15) is 18.2 Å². The minimum absolute atomic E-state index is 0.0121. The molecule has 214 valence electrons. The fraction of sp³-hybridized carbons (Fsp3) is 0.478. The van der Waals surface area contributed by atoms with E-state index >= 15 is 0 Å². The Kier molecular flexibility index (Phi) is 6.84. The van der Waals surface area contributed by atoms with E-state index in [0.29, 0.717) is 5.52 Å². The lowest BCUT2D eigenvalue weighted by Crippen LogP contribution is -2.42. The highest BCUT2D eigenvalue weighted by molar-refractivity contribution is 7.48. The van der Waals surface area contributed by atoms with Crippen LogP contribution in [-0.2, 0) is 32.3 Å². The number of hydrogen-bond donors (Lipinski definition) is 1. The first kappa shape index (κ1) is 27.1. The summed E-state index contributed by atoms with van der Waals surface area (Å²) in [5.41, 5.74) is 5.18. The molecule has 2 aromatic heterocycles. The third kappa shape index (κ3) is 4.66. The number of benzene rings is 1. The lowest BCUT2D eigenvalue weighted by Gasteiger charge is -2.30. The monoisotopic (exact) mass is 599 g/mol. The molecule has 17 heteroatoms. The Labute approximate surface area is 231 Å². The number of rotatable bonds is 7. The third-order valence-electron chi connectivity index (χ3n) is 6.76. The average molecular weight is 600 g/mol. The molecule has 6 atom stereocenters. The van der Waals surface area contributed by atoms with Gasteiger partial charge >= 0.3 is 14.0 Å². The molecule has 3 saturated heterocycles. The fourth-order valence-electron chi connectivity index (χ4n) is 5.02. The van der Waals surface area contributed by atoms with Crippen molar-refractivity contribution < 1.29 is 46.3 Å². The maximum Gasteiger partial charge on any atom is 0.509 e. The smallest absolute Gasteiger partial charge is 0.476 e. The Balaban J connectivity index is 1.25. The maximum atomic E-state index is 14.5. The molecule has 6 rings (SSSR count). The van der Waals surface area contributed by atoms with E-state index in [4.69, 9.17) is 49.9 Å². The molecule has 0 bridgehead atoms. The quantitative estimate of drug-likeness (QED) is 0.305. The van der Waals surface area contributed by atoms with Gasteiger partial charge in [-0.05, 0) is 26.0 Å². The van der Waals surface area contributed by atoms with Gasteiger partial charge in [0.25, 0.3) is 0 Å². The number of nitrogens with two attached hydrogens (primary N) is 1. The fourth-order valence-corrected chi connectivity index (χ4v) is 6.57. The van der Waals surface area contributed by atoms with E-state index in [1.807, 2.05) is 0 Å².